The molecule has 7 heteroatoms. The van der Waals surface area contributed by atoms with Crippen molar-refractivity contribution in [2.45, 2.75) is 31.9 Å². The van der Waals surface area contributed by atoms with E-state index >= 15 is 0 Å². The zero-order valence-corrected chi connectivity index (χ0v) is 11.7. The molecule has 100 valence electrons. The molecule has 18 heavy (non-hydrogen) atoms. The Morgan fingerprint density at radius 1 is 1.44 bits per heavy atom. The lowest BCUT2D eigenvalue weighted by Gasteiger charge is -2.12. The van der Waals surface area contributed by atoms with Crippen LogP contribution < -0.4 is 0 Å². The van der Waals surface area contributed by atoms with E-state index in [9.17, 15) is 13.0 Å². The highest BCUT2D eigenvalue weighted by molar-refractivity contribution is 7.85. The van der Waals surface area contributed by atoms with Crippen LogP contribution in [0.5, 0.6) is 0 Å². The second kappa shape index (κ2) is 5.84. The Morgan fingerprint density at radius 3 is 2.56 bits per heavy atom. The highest BCUT2D eigenvalue weighted by Crippen LogP contribution is 2.24. The molecule has 1 rings (SSSR count). The normalized spacial score (nSPS) is 14.4. The van der Waals surface area contributed by atoms with Gasteiger partial charge < -0.3 is 0 Å². The highest BCUT2D eigenvalue weighted by Gasteiger charge is 2.18. The van der Waals surface area contributed by atoms with Crippen LogP contribution in [0.4, 0.5) is 8.78 Å². The van der Waals surface area contributed by atoms with Crippen molar-refractivity contribution < 1.29 is 13.0 Å². The molecule has 0 spiro atoms. The molecule has 0 bridgehead atoms. The average Bonchev–Trinajstić information content (AvgIpc) is 2.25. The zero-order valence-electron chi connectivity index (χ0n) is 10.2. The summed E-state index contributed by atoms with van der Waals surface area (Å²) in [7, 11) is -1.45. The van der Waals surface area contributed by atoms with E-state index in [0.717, 1.165) is 0 Å². The summed E-state index contributed by atoms with van der Waals surface area (Å²) in [6, 6.07) is 2.76. The summed E-state index contributed by atoms with van der Waals surface area (Å²) >= 11 is 5.58. The minimum atomic E-state index is -2.75. The van der Waals surface area contributed by atoms with Gasteiger partial charge in [0.1, 0.15) is 16.7 Å². The van der Waals surface area contributed by atoms with E-state index in [2.05, 4.69) is 9.38 Å². The fourth-order valence-electron chi connectivity index (χ4n) is 0.959. The third-order valence-electron chi connectivity index (χ3n) is 1.91. The molecule has 0 amide bonds. The van der Waals surface area contributed by atoms with Gasteiger partial charge in [0.25, 0.3) is 6.43 Å². The van der Waals surface area contributed by atoms with Gasteiger partial charge >= 0.3 is 0 Å². The third-order valence-corrected chi connectivity index (χ3v) is 3.57. The van der Waals surface area contributed by atoms with Gasteiger partial charge in [-0.25, -0.2) is 18.0 Å². The summed E-state index contributed by atoms with van der Waals surface area (Å²) in [5.41, 5.74) is -0.297. The van der Waals surface area contributed by atoms with Crippen LogP contribution >= 0.6 is 11.6 Å². The number of nitrogens with zero attached hydrogens (tertiary/aromatic N) is 2. The quantitative estimate of drug-likeness (QED) is 0.800. The van der Waals surface area contributed by atoms with E-state index in [0.29, 0.717) is 0 Å². The summed E-state index contributed by atoms with van der Waals surface area (Å²) in [6.45, 7) is 5.29. The highest BCUT2D eigenvalue weighted by atomic mass is 35.5. The maximum Gasteiger partial charge on any atom is 0.281 e. The smallest absolute Gasteiger partial charge is 0.244 e. The first-order valence-corrected chi connectivity index (χ1v) is 6.61. The van der Waals surface area contributed by atoms with Crippen molar-refractivity contribution in [3.05, 3.63) is 28.5 Å². The first kappa shape index (κ1) is 15.2. The van der Waals surface area contributed by atoms with Gasteiger partial charge in [-0.2, -0.15) is 4.40 Å². The first-order valence-electron chi connectivity index (χ1n) is 5.12. The molecule has 0 radical (unpaired) electrons. The molecule has 0 aliphatic carbocycles. The van der Waals surface area contributed by atoms with Crippen molar-refractivity contribution in [3.63, 3.8) is 0 Å². The van der Waals surface area contributed by atoms with Gasteiger partial charge in [0.05, 0.1) is 21.7 Å². The van der Waals surface area contributed by atoms with Crippen molar-refractivity contribution in [2.24, 2.45) is 4.40 Å². The summed E-state index contributed by atoms with van der Waals surface area (Å²) in [5, 5.41) is -0.0981. The molecular formula is C11H13ClF2N2OS. The minimum Gasteiger partial charge on any atom is -0.244 e. The average molecular weight is 295 g/mol. The minimum absolute atomic E-state index is 0.0981. The van der Waals surface area contributed by atoms with Crippen LogP contribution in [0, 0.1) is 0 Å². The summed E-state index contributed by atoms with van der Waals surface area (Å²) in [6.07, 6.45) is -1.54. The van der Waals surface area contributed by atoms with E-state index < -0.39 is 27.9 Å². The molecule has 0 saturated carbocycles. The number of rotatable bonds is 3. The van der Waals surface area contributed by atoms with Crippen molar-refractivity contribution in [3.8, 4) is 0 Å². The SMILES string of the molecule is CC(C)(C)S(=O)N=Cc1ccc(Cl)c(C(F)F)n1. The number of alkyl halides is 2. The molecule has 3 nitrogen and oxygen atoms in total. The molecule has 0 saturated heterocycles. The monoisotopic (exact) mass is 294 g/mol. The van der Waals surface area contributed by atoms with Gasteiger partial charge in [-0.1, -0.05) is 11.6 Å². The Kier molecular flexibility index (Phi) is 4.92. The number of aromatic nitrogens is 1. The van der Waals surface area contributed by atoms with Crippen LogP contribution in [0.3, 0.4) is 0 Å². The van der Waals surface area contributed by atoms with Gasteiger partial charge in [0, 0.05) is 0 Å². The van der Waals surface area contributed by atoms with Gasteiger partial charge in [0.2, 0.25) is 0 Å². The van der Waals surface area contributed by atoms with E-state index in [4.69, 9.17) is 11.6 Å². The fourth-order valence-corrected chi connectivity index (χ4v) is 1.67. The van der Waals surface area contributed by atoms with Gasteiger partial charge in [-0.3, -0.25) is 0 Å². The van der Waals surface area contributed by atoms with Crippen LogP contribution in [-0.4, -0.2) is 20.2 Å². The Morgan fingerprint density at radius 2 is 2.06 bits per heavy atom. The molecule has 1 aromatic rings. The van der Waals surface area contributed by atoms with Crippen LogP contribution in [0.1, 0.15) is 38.6 Å². The topological polar surface area (TPSA) is 42.3 Å². The summed E-state index contributed by atoms with van der Waals surface area (Å²) in [4.78, 5) is 3.66. The predicted octanol–water partition coefficient (Wildman–Crippen LogP) is 3.55. The van der Waals surface area contributed by atoms with Crippen molar-refractivity contribution in [1.29, 1.82) is 0 Å². The standard InChI is InChI=1S/C11H13ClF2N2OS/c1-11(2,3)18(17)15-6-7-4-5-8(12)9(16-7)10(13)14/h4-6,10H,1-3H3. The summed E-state index contributed by atoms with van der Waals surface area (Å²) in [5.74, 6) is 0. The lowest BCUT2D eigenvalue weighted by Crippen LogP contribution is -2.19. The molecule has 0 N–H and O–H groups in total. The number of hydrogen-bond donors (Lipinski definition) is 0. The summed E-state index contributed by atoms with van der Waals surface area (Å²) < 4.78 is 40.0. The number of hydrogen-bond acceptors (Lipinski definition) is 2. The second-order valence-corrected chi connectivity index (χ2v) is 6.84. The lowest BCUT2D eigenvalue weighted by molar-refractivity contribution is 0.146. The van der Waals surface area contributed by atoms with Gasteiger partial charge in [0.15, 0.2) is 0 Å². The molecular weight excluding hydrogens is 282 g/mol. The maximum absolute atomic E-state index is 12.5. The molecule has 0 fully saturated rings. The van der Waals surface area contributed by atoms with Crippen molar-refractivity contribution >= 4 is 28.8 Å². The maximum atomic E-state index is 12.5. The Labute approximate surface area is 112 Å². The largest absolute Gasteiger partial charge is 0.281 e. The zero-order chi connectivity index (χ0) is 13.9. The molecule has 1 atom stereocenters. The van der Waals surface area contributed by atoms with E-state index in [1.54, 1.807) is 20.8 Å². The van der Waals surface area contributed by atoms with Crippen LogP contribution in [0.2, 0.25) is 5.02 Å². The second-order valence-electron chi connectivity index (χ2n) is 4.50. The van der Waals surface area contributed by atoms with Crippen molar-refractivity contribution in [2.75, 3.05) is 0 Å². The van der Waals surface area contributed by atoms with Crippen LogP contribution in [-0.2, 0) is 11.0 Å². The Hall–Kier alpha value is -0.880. The van der Waals surface area contributed by atoms with Crippen molar-refractivity contribution in [1.82, 2.24) is 4.98 Å². The van der Waals surface area contributed by atoms with Gasteiger partial charge in [-0.05, 0) is 32.9 Å². The van der Waals surface area contributed by atoms with E-state index in [-0.39, 0.29) is 10.7 Å². The van der Waals surface area contributed by atoms with Crippen LogP contribution in [0.15, 0.2) is 16.5 Å². The molecule has 0 aliphatic rings. The first-order chi connectivity index (χ1) is 8.21. The molecule has 1 aromatic heterocycles. The number of pyridine rings is 1. The number of halogens is 3. The Balaban J connectivity index is 2.96. The molecule has 1 unspecified atom stereocenters. The molecule has 1 heterocycles. The Bertz CT molecular complexity index is 486. The lowest BCUT2D eigenvalue weighted by atomic mass is 10.3. The van der Waals surface area contributed by atoms with E-state index in [1.165, 1.54) is 18.3 Å². The van der Waals surface area contributed by atoms with Gasteiger partial charge in [-0.15, -0.1) is 0 Å². The van der Waals surface area contributed by atoms with Crippen LogP contribution in [0.25, 0.3) is 0 Å². The predicted molar refractivity (Wildman–Crippen MR) is 69.7 cm³/mol. The third kappa shape index (κ3) is 4.10. The fraction of sp³-hybridized carbons (Fsp3) is 0.455. The van der Waals surface area contributed by atoms with E-state index in [1.807, 2.05) is 0 Å². The molecule has 0 aliphatic heterocycles. The molecule has 0 aromatic carbocycles.